The van der Waals surface area contributed by atoms with Crippen LogP contribution < -0.4 is 0 Å². The fraction of sp³-hybridized carbons (Fsp3) is 0.176. The number of ether oxygens (including phenoxy) is 1. The maximum absolute atomic E-state index is 11.7. The molecule has 1 heterocycles. The lowest BCUT2D eigenvalue weighted by atomic mass is 10.2. The van der Waals surface area contributed by atoms with Gasteiger partial charge in [-0.15, -0.1) is 0 Å². The molecule has 0 aliphatic rings. The van der Waals surface area contributed by atoms with Crippen molar-refractivity contribution in [3.63, 3.8) is 0 Å². The van der Waals surface area contributed by atoms with Crippen LogP contribution in [0.25, 0.3) is 17.4 Å². The topological polar surface area (TPSA) is 63.2 Å². The number of halogens is 1. The van der Waals surface area contributed by atoms with Crippen molar-refractivity contribution in [3.8, 4) is 17.4 Å². The average molecular weight is 316 g/mol. The van der Waals surface area contributed by atoms with Crippen molar-refractivity contribution in [2.45, 2.75) is 20.0 Å². The van der Waals surface area contributed by atoms with Gasteiger partial charge >= 0.3 is 5.97 Å². The van der Waals surface area contributed by atoms with Crippen molar-refractivity contribution < 1.29 is 13.9 Å². The number of furan rings is 1. The van der Waals surface area contributed by atoms with E-state index in [2.05, 4.69) is 0 Å². The number of hydrogen-bond acceptors (Lipinski definition) is 4. The van der Waals surface area contributed by atoms with Crippen LogP contribution in [0.3, 0.4) is 0 Å². The summed E-state index contributed by atoms with van der Waals surface area (Å²) in [4.78, 5) is 11.7. The molecule has 2 rings (SSSR count). The van der Waals surface area contributed by atoms with Crippen LogP contribution in [0.1, 0.15) is 19.6 Å². The molecule has 112 valence electrons. The van der Waals surface area contributed by atoms with Gasteiger partial charge in [-0.1, -0.05) is 23.7 Å². The van der Waals surface area contributed by atoms with E-state index >= 15 is 0 Å². The Labute approximate surface area is 133 Å². The van der Waals surface area contributed by atoms with Crippen LogP contribution >= 0.6 is 11.6 Å². The van der Waals surface area contributed by atoms with Gasteiger partial charge in [0.25, 0.3) is 0 Å². The first-order chi connectivity index (χ1) is 10.5. The fourth-order valence-electron chi connectivity index (χ4n) is 1.79. The molecule has 0 saturated heterocycles. The van der Waals surface area contributed by atoms with Gasteiger partial charge in [0.15, 0.2) is 0 Å². The van der Waals surface area contributed by atoms with Crippen molar-refractivity contribution in [3.05, 3.63) is 52.8 Å². The van der Waals surface area contributed by atoms with Crippen LogP contribution in [0, 0.1) is 11.3 Å². The fourth-order valence-corrected chi connectivity index (χ4v) is 2.02. The van der Waals surface area contributed by atoms with Gasteiger partial charge in [-0.3, -0.25) is 0 Å². The second kappa shape index (κ2) is 6.97. The standard InChI is InChI=1S/C17H14ClNO3/c1-11(2)21-17(20)12(10-19)9-13-7-8-16(22-13)14-5-3-4-6-15(14)18/h3-9,11H,1-2H3. The van der Waals surface area contributed by atoms with Crippen LogP contribution in [0.2, 0.25) is 5.02 Å². The molecule has 1 aromatic carbocycles. The van der Waals surface area contributed by atoms with Crippen LogP contribution in [-0.2, 0) is 9.53 Å². The zero-order valence-corrected chi connectivity index (χ0v) is 12.9. The van der Waals surface area contributed by atoms with E-state index in [1.165, 1.54) is 6.08 Å². The predicted octanol–water partition coefficient (Wildman–Crippen LogP) is 4.46. The van der Waals surface area contributed by atoms with E-state index in [1.54, 1.807) is 32.0 Å². The highest BCUT2D eigenvalue weighted by Crippen LogP contribution is 2.29. The molecule has 22 heavy (non-hydrogen) atoms. The number of esters is 1. The highest BCUT2D eigenvalue weighted by Gasteiger charge is 2.14. The third-order valence-corrected chi connectivity index (χ3v) is 3.07. The molecular weight excluding hydrogens is 302 g/mol. The summed E-state index contributed by atoms with van der Waals surface area (Å²) in [5.74, 6) is 0.270. The lowest BCUT2D eigenvalue weighted by Gasteiger charge is -2.05. The van der Waals surface area contributed by atoms with Gasteiger partial charge in [0.1, 0.15) is 23.2 Å². The molecule has 5 heteroatoms. The average Bonchev–Trinajstić information content (AvgIpc) is 2.92. The Hall–Kier alpha value is -2.51. The molecule has 0 radical (unpaired) electrons. The summed E-state index contributed by atoms with van der Waals surface area (Å²) in [6, 6.07) is 12.5. The monoisotopic (exact) mass is 315 g/mol. The summed E-state index contributed by atoms with van der Waals surface area (Å²) in [7, 11) is 0. The van der Waals surface area contributed by atoms with E-state index in [0.29, 0.717) is 16.5 Å². The van der Waals surface area contributed by atoms with Crippen molar-refractivity contribution >= 4 is 23.6 Å². The highest BCUT2D eigenvalue weighted by molar-refractivity contribution is 6.33. The first-order valence-electron chi connectivity index (χ1n) is 6.68. The zero-order valence-electron chi connectivity index (χ0n) is 12.2. The Kier molecular flexibility index (Phi) is 5.03. The van der Waals surface area contributed by atoms with Crippen molar-refractivity contribution in [2.75, 3.05) is 0 Å². The van der Waals surface area contributed by atoms with Crippen molar-refractivity contribution in [1.82, 2.24) is 0 Å². The Morgan fingerprint density at radius 3 is 2.68 bits per heavy atom. The van der Waals surface area contributed by atoms with E-state index in [9.17, 15) is 4.79 Å². The molecule has 0 N–H and O–H groups in total. The molecule has 0 atom stereocenters. The van der Waals surface area contributed by atoms with Gasteiger partial charge in [-0.2, -0.15) is 5.26 Å². The second-order valence-corrected chi connectivity index (χ2v) is 5.21. The number of carbonyl (C=O) groups is 1. The Morgan fingerprint density at radius 2 is 2.05 bits per heavy atom. The van der Waals surface area contributed by atoms with Gasteiger partial charge in [0.05, 0.1) is 11.1 Å². The number of nitriles is 1. The Morgan fingerprint density at radius 1 is 1.32 bits per heavy atom. The minimum absolute atomic E-state index is 0.117. The van der Waals surface area contributed by atoms with Crippen molar-refractivity contribution in [2.24, 2.45) is 0 Å². The maximum atomic E-state index is 11.7. The summed E-state index contributed by atoms with van der Waals surface area (Å²) < 4.78 is 10.6. The zero-order chi connectivity index (χ0) is 16.1. The minimum atomic E-state index is -0.673. The number of nitrogens with zero attached hydrogens (tertiary/aromatic N) is 1. The molecule has 2 aromatic rings. The molecular formula is C17H14ClNO3. The van der Waals surface area contributed by atoms with Crippen LogP contribution in [0.5, 0.6) is 0 Å². The SMILES string of the molecule is CC(C)OC(=O)C(C#N)=Cc1ccc(-c2ccccc2Cl)o1. The largest absolute Gasteiger partial charge is 0.459 e. The maximum Gasteiger partial charge on any atom is 0.349 e. The smallest absolute Gasteiger partial charge is 0.349 e. The molecule has 0 aliphatic heterocycles. The summed E-state index contributed by atoms with van der Waals surface area (Å²) in [6.07, 6.45) is 1.06. The Bertz CT molecular complexity index is 753. The molecule has 0 spiro atoms. The molecule has 0 saturated carbocycles. The quantitative estimate of drug-likeness (QED) is 0.475. The van der Waals surface area contributed by atoms with Crippen LogP contribution in [0.4, 0.5) is 0 Å². The van der Waals surface area contributed by atoms with Gasteiger partial charge < -0.3 is 9.15 Å². The number of hydrogen-bond donors (Lipinski definition) is 0. The lowest BCUT2D eigenvalue weighted by Crippen LogP contribution is -2.12. The van der Waals surface area contributed by atoms with Gasteiger partial charge in [0, 0.05) is 11.6 Å². The van der Waals surface area contributed by atoms with E-state index in [4.69, 9.17) is 26.0 Å². The van der Waals surface area contributed by atoms with Crippen LogP contribution in [-0.4, -0.2) is 12.1 Å². The molecule has 0 unspecified atom stereocenters. The minimum Gasteiger partial charge on any atom is -0.459 e. The summed E-state index contributed by atoms with van der Waals surface area (Å²) in [5, 5.41) is 9.62. The van der Waals surface area contributed by atoms with Crippen molar-refractivity contribution in [1.29, 1.82) is 5.26 Å². The van der Waals surface area contributed by atoms with E-state index in [1.807, 2.05) is 24.3 Å². The first-order valence-corrected chi connectivity index (χ1v) is 7.06. The molecule has 4 nitrogen and oxygen atoms in total. The van der Waals surface area contributed by atoms with Gasteiger partial charge in [-0.25, -0.2) is 4.79 Å². The lowest BCUT2D eigenvalue weighted by molar-refractivity contribution is -0.142. The van der Waals surface area contributed by atoms with Crippen LogP contribution in [0.15, 0.2) is 46.4 Å². The third-order valence-electron chi connectivity index (χ3n) is 2.74. The summed E-state index contributed by atoms with van der Waals surface area (Å²) >= 11 is 6.11. The number of carbonyl (C=O) groups excluding carboxylic acids is 1. The second-order valence-electron chi connectivity index (χ2n) is 4.81. The van der Waals surface area contributed by atoms with Gasteiger partial charge in [-0.05, 0) is 38.1 Å². The molecule has 0 amide bonds. The number of rotatable bonds is 4. The van der Waals surface area contributed by atoms with Gasteiger partial charge in [0.2, 0.25) is 0 Å². The van der Waals surface area contributed by atoms with E-state index in [0.717, 1.165) is 5.56 Å². The molecule has 0 bridgehead atoms. The normalized spacial score (nSPS) is 11.3. The first kappa shape index (κ1) is 15.9. The van der Waals surface area contributed by atoms with E-state index in [-0.39, 0.29) is 11.7 Å². The molecule has 0 aliphatic carbocycles. The number of benzene rings is 1. The molecule has 1 aromatic heterocycles. The Balaban J connectivity index is 2.28. The summed E-state index contributed by atoms with van der Waals surface area (Å²) in [6.45, 7) is 3.44. The molecule has 0 fully saturated rings. The van der Waals surface area contributed by atoms with E-state index < -0.39 is 5.97 Å². The highest BCUT2D eigenvalue weighted by atomic mass is 35.5. The summed E-state index contributed by atoms with van der Waals surface area (Å²) in [5.41, 5.74) is 0.626. The predicted molar refractivity (Wildman–Crippen MR) is 84.0 cm³/mol. The third kappa shape index (κ3) is 3.78.